The number of carbonyl (C=O) groups is 2. The van der Waals surface area contributed by atoms with Crippen LogP contribution in [-0.4, -0.2) is 35.3 Å². The molecule has 104 valence electrons. The van der Waals surface area contributed by atoms with Crippen molar-refractivity contribution in [2.75, 3.05) is 18.9 Å². The third-order valence-corrected chi connectivity index (χ3v) is 2.83. The summed E-state index contributed by atoms with van der Waals surface area (Å²) >= 11 is 3.26. The minimum atomic E-state index is -0.495. The van der Waals surface area contributed by atoms with Crippen molar-refractivity contribution in [1.82, 2.24) is 9.88 Å². The largest absolute Gasteiger partial charge is 0.336 e. The quantitative estimate of drug-likeness (QED) is 0.926. The maximum atomic E-state index is 11.9. The van der Waals surface area contributed by atoms with E-state index in [0.29, 0.717) is 5.82 Å². The van der Waals surface area contributed by atoms with Crippen LogP contribution in [0.25, 0.3) is 0 Å². The lowest BCUT2D eigenvalue weighted by Gasteiger charge is -2.25. The number of amides is 2. The molecule has 1 heterocycles. The number of hydrogen-bond donors (Lipinski definition) is 1. The van der Waals surface area contributed by atoms with Crippen molar-refractivity contribution in [3.63, 3.8) is 0 Å². The number of halogens is 1. The number of anilines is 1. The van der Waals surface area contributed by atoms with Crippen molar-refractivity contribution < 1.29 is 9.59 Å². The molecule has 5 nitrogen and oxygen atoms in total. The maximum absolute atomic E-state index is 11.9. The highest BCUT2D eigenvalue weighted by molar-refractivity contribution is 9.10. The van der Waals surface area contributed by atoms with Crippen LogP contribution in [0.4, 0.5) is 5.82 Å². The molecular weight excluding hydrogens is 310 g/mol. The molecule has 0 unspecified atom stereocenters. The number of nitrogens with one attached hydrogen (secondary N) is 1. The number of carbonyl (C=O) groups excluding carboxylic acids is 2. The van der Waals surface area contributed by atoms with Crippen LogP contribution >= 0.6 is 15.9 Å². The fourth-order valence-electron chi connectivity index (χ4n) is 1.49. The molecule has 19 heavy (non-hydrogen) atoms. The Hall–Kier alpha value is -1.43. The second-order valence-electron chi connectivity index (χ2n) is 5.32. The first-order valence-corrected chi connectivity index (χ1v) is 6.66. The Balaban J connectivity index is 2.56. The molecule has 0 saturated heterocycles. The first-order chi connectivity index (χ1) is 8.70. The summed E-state index contributed by atoms with van der Waals surface area (Å²) in [7, 11) is 1.61. The Morgan fingerprint density at radius 1 is 1.37 bits per heavy atom. The summed E-state index contributed by atoms with van der Waals surface area (Å²) in [5, 5.41) is 2.64. The first-order valence-electron chi connectivity index (χ1n) is 5.87. The van der Waals surface area contributed by atoms with E-state index in [1.165, 1.54) is 4.90 Å². The van der Waals surface area contributed by atoms with Crippen molar-refractivity contribution in [1.29, 1.82) is 0 Å². The Morgan fingerprint density at radius 2 is 2.00 bits per heavy atom. The number of nitrogens with zero attached hydrogens (tertiary/aromatic N) is 2. The molecular formula is C13H18BrN3O2. The van der Waals surface area contributed by atoms with Gasteiger partial charge in [-0.05, 0) is 28.1 Å². The first kappa shape index (κ1) is 15.6. The summed E-state index contributed by atoms with van der Waals surface area (Å²) in [6.45, 7) is 5.47. The zero-order chi connectivity index (χ0) is 14.6. The smallest absolute Gasteiger partial charge is 0.245 e. The Kier molecular flexibility index (Phi) is 5.05. The Bertz CT molecular complexity index is 466. The van der Waals surface area contributed by atoms with Crippen LogP contribution in [0, 0.1) is 5.41 Å². The highest BCUT2D eigenvalue weighted by Gasteiger charge is 2.26. The lowest BCUT2D eigenvalue weighted by Crippen LogP contribution is -2.41. The van der Waals surface area contributed by atoms with Crippen LogP contribution in [0.1, 0.15) is 20.8 Å². The highest BCUT2D eigenvalue weighted by Crippen LogP contribution is 2.16. The van der Waals surface area contributed by atoms with Crippen LogP contribution in [0.2, 0.25) is 0 Å². The molecule has 0 saturated carbocycles. The van der Waals surface area contributed by atoms with Gasteiger partial charge in [-0.1, -0.05) is 20.8 Å². The molecule has 1 aromatic rings. The SMILES string of the molecule is CN(CC(=O)Nc1ccc(Br)cn1)C(=O)C(C)(C)C. The summed E-state index contributed by atoms with van der Waals surface area (Å²) < 4.78 is 0.838. The Labute approximate surface area is 121 Å². The Morgan fingerprint density at radius 3 is 2.47 bits per heavy atom. The van der Waals surface area contributed by atoms with Gasteiger partial charge in [-0.2, -0.15) is 0 Å². The molecule has 6 heteroatoms. The van der Waals surface area contributed by atoms with Crippen molar-refractivity contribution in [3.05, 3.63) is 22.8 Å². The second kappa shape index (κ2) is 6.14. The summed E-state index contributed by atoms with van der Waals surface area (Å²) in [6, 6.07) is 3.47. The molecule has 1 aromatic heterocycles. The zero-order valence-electron chi connectivity index (χ0n) is 11.5. The van der Waals surface area contributed by atoms with Gasteiger partial charge in [0.2, 0.25) is 11.8 Å². The number of hydrogen-bond acceptors (Lipinski definition) is 3. The lowest BCUT2D eigenvalue weighted by molar-refractivity contribution is -0.140. The highest BCUT2D eigenvalue weighted by atomic mass is 79.9. The second-order valence-corrected chi connectivity index (χ2v) is 6.24. The average molecular weight is 328 g/mol. The standard InChI is InChI=1S/C13H18BrN3O2/c1-13(2,3)12(19)17(4)8-11(18)16-10-6-5-9(14)7-15-10/h5-7H,8H2,1-4H3,(H,15,16,18). The summed E-state index contributed by atoms with van der Waals surface area (Å²) in [4.78, 5) is 29.2. The third kappa shape index (κ3) is 4.98. The van der Waals surface area contributed by atoms with Crippen LogP contribution < -0.4 is 5.32 Å². The monoisotopic (exact) mass is 327 g/mol. The van der Waals surface area contributed by atoms with Gasteiger partial charge < -0.3 is 10.2 Å². The number of likely N-dealkylation sites (N-methyl/N-ethyl adjacent to an activating group) is 1. The van der Waals surface area contributed by atoms with Gasteiger partial charge in [0.1, 0.15) is 5.82 Å². The van der Waals surface area contributed by atoms with Gasteiger partial charge in [0, 0.05) is 23.1 Å². The number of pyridine rings is 1. The van der Waals surface area contributed by atoms with Crippen molar-refractivity contribution in [2.24, 2.45) is 5.41 Å². The lowest BCUT2D eigenvalue weighted by atomic mass is 9.95. The van der Waals surface area contributed by atoms with Gasteiger partial charge in [-0.25, -0.2) is 4.98 Å². The average Bonchev–Trinajstić information content (AvgIpc) is 2.29. The van der Waals surface area contributed by atoms with Crippen molar-refractivity contribution in [3.8, 4) is 0 Å². The molecule has 0 radical (unpaired) electrons. The fraction of sp³-hybridized carbons (Fsp3) is 0.462. The molecule has 0 aromatic carbocycles. The molecule has 2 amide bonds. The molecule has 0 fully saturated rings. The van der Waals surface area contributed by atoms with Crippen molar-refractivity contribution >= 4 is 33.6 Å². The van der Waals surface area contributed by atoms with E-state index < -0.39 is 5.41 Å². The maximum Gasteiger partial charge on any atom is 0.245 e. The zero-order valence-corrected chi connectivity index (χ0v) is 13.1. The minimum absolute atomic E-state index is 0.00778. The van der Waals surface area contributed by atoms with Crippen LogP contribution in [0.5, 0.6) is 0 Å². The molecule has 0 spiro atoms. The van der Waals surface area contributed by atoms with Gasteiger partial charge in [0.05, 0.1) is 6.54 Å². The third-order valence-electron chi connectivity index (χ3n) is 2.36. The molecule has 0 aliphatic carbocycles. The molecule has 1 rings (SSSR count). The predicted molar refractivity (Wildman–Crippen MR) is 77.7 cm³/mol. The summed E-state index contributed by atoms with van der Waals surface area (Å²) in [5.41, 5.74) is -0.495. The molecule has 1 N–H and O–H groups in total. The number of aromatic nitrogens is 1. The summed E-state index contributed by atoms with van der Waals surface area (Å²) in [5.74, 6) is 0.117. The van der Waals surface area contributed by atoms with E-state index in [1.54, 1.807) is 25.4 Å². The molecule has 0 aliphatic heterocycles. The van der Waals surface area contributed by atoms with E-state index in [0.717, 1.165) is 4.47 Å². The van der Waals surface area contributed by atoms with Gasteiger partial charge in [0.25, 0.3) is 0 Å². The summed E-state index contributed by atoms with van der Waals surface area (Å²) in [6.07, 6.45) is 1.60. The van der Waals surface area contributed by atoms with Gasteiger partial charge in [0.15, 0.2) is 0 Å². The molecule has 0 atom stereocenters. The van der Waals surface area contributed by atoms with Crippen LogP contribution in [-0.2, 0) is 9.59 Å². The van der Waals surface area contributed by atoms with E-state index in [-0.39, 0.29) is 18.4 Å². The normalized spacial score (nSPS) is 11.0. The predicted octanol–water partition coefficient (Wildman–Crippen LogP) is 2.29. The van der Waals surface area contributed by atoms with Crippen LogP contribution in [0.3, 0.4) is 0 Å². The van der Waals surface area contributed by atoms with E-state index in [2.05, 4.69) is 26.2 Å². The van der Waals surface area contributed by atoms with Gasteiger partial charge in [-0.3, -0.25) is 9.59 Å². The number of rotatable bonds is 3. The molecule has 0 aliphatic rings. The van der Waals surface area contributed by atoms with Gasteiger partial charge in [-0.15, -0.1) is 0 Å². The van der Waals surface area contributed by atoms with E-state index >= 15 is 0 Å². The fourth-order valence-corrected chi connectivity index (χ4v) is 1.73. The van der Waals surface area contributed by atoms with Crippen molar-refractivity contribution in [2.45, 2.75) is 20.8 Å². The molecule has 0 bridgehead atoms. The van der Waals surface area contributed by atoms with Crippen LogP contribution in [0.15, 0.2) is 22.8 Å². The van der Waals surface area contributed by atoms with E-state index in [9.17, 15) is 9.59 Å². The van der Waals surface area contributed by atoms with Gasteiger partial charge >= 0.3 is 0 Å². The van der Waals surface area contributed by atoms with E-state index in [4.69, 9.17) is 0 Å². The van der Waals surface area contributed by atoms with E-state index in [1.807, 2.05) is 20.8 Å². The minimum Gasteiger partial charge on any atom is -0.336 e. The topological polar surface area (TPSA) is 62.3 Å².